The molecule has 1 aliphatic rings. The average Bonchev–Trinajstić information content (AvgIpc) is 3.51. The standard InChI is InChI=1S/C27H19Cl2N3O7S/c1-13-23(26(34)38-3)24(18-10-14(28)4-8-20(18)37-2)31-25(33)22(40-27(31)30-13)12-16-6-9-21(39-16)17-7-5-15(32(35)36)11-19(17)29/h4-12,24H,1-3H3/b22-12-/t24-/m0/s1. The largest absolute Gasteiger partial charge is 0.496 e. The summed E-state index contributed by atoms with van der Waals surface area (Å²) < 4.78 is 18.2. The van der Waals surface area contributed by atoms with E-state index in [0.717, 1.165) is 11.3 Å². The van der Waals surface area contributed by atoms with Gasteiger partial charge in [-0.15, -0.1) is 0 Å². The first-order valence-electron chi connectivity index (χ1n) is 11.6. The van der Waals surface area contributed by atoms with E-state index in [-0.39, 0.29) is 16.3 Å². The van der Waals surface area contributed by atoms with E-state index in [1.54, 1.807) is 43.3 Å². The van der Waals surface area contributed by atoms with Crippen molar-refractivity contribution >= 4 is 52.3 Å². The van der Waals surface area contributed by atoms with Crippen molar-refractivity contribution < 1.29 is 23.6 Å². The first-order chi connectivity index (χ1) is 19.1. The van der Waals surface area contributed by atoms with E-state index in [2.05, 4.69) is 4.99 Å². The molecule has 5 rings (SSSR count). The van der Waals surface area contributed by atoms with Crippen LogP contribution in [0.3, 0.4) is 0 Å². The lowest BCUT2D eigenvalue weighted by Crippen LogP contribution is -2.40. The highest BCUT2D eigenvalue weighted by Gasteiger charge is 2.35. The molecule has 0 saturated carbocycles. The number of carbonyl (C=O) groups excluding carboxylic acids is 1. The van der Waals surface area contributed by atoms with E-state index in [1.807, 2.05) is 0 Å². The first kappa shape index (κ1) is 27.4. The number of nitro groups is 1. The second-order valence-electron chi connectivity index (χ2n) is 8.58. The van der Waals surface area contributed by atoms with E-state index in [0.29, 0.717) is 48.5 Å². The van der Waals surface area contributed by atoms with E-state index in [4.69, 9.17) is 37.1 Å². The summed E-state index contributed by atoms with van der Waals surface area (Å²) in [5.74, 6) is 0.494. The zero-order valence-electron chi connectivity index (χ0n) is 21.1. The Morgan fingerprint density at radius 1 is 1.18 bits per heavy atom. The summed E-state index contributed by atoms with van der Waals surface area (Å²) in [6, 6.07) is 11.4. The lowest BCUT2D eigenvalue weighted by Gasteiger charge is -2.25. The Kier molecular flexibility index (Phi) is 7.37. The number of rotatable bonds is 6. The number of nitro benzene ring substituents is 1. The number of carbonyl (C=O) groups is 1. The molecule has 2 aromatic carbocycles. The molecule has 0 saturated heterocycles. The Balaban J connectivity index is 1.65. The molecule has 0 unspecified atom stereocenters. The molecular formula is C27H19Cl2N3O7S. The Bertz CT molecular complexity index is 1910. The second-order valence-corrected chi connectivity index (χ2v) is 10.4. The van der Waals surface area contributed by atoms with Gasteiger partial charge in [0, 0.05) is 34.4 Å². The molecule has 0 amide bonds. The number of fused-ring (bicyclic) bond motifs is 1. The molecule has 10 nitrogen and oxygen atoms in total. The molecule has 0 radical (unpaired) electrons. The zero-order chi connectivity index (χ0) is 28.7. The van der Waals surface area contributed by atoms with Crippen LogP contribution in [-0.2, 0) is 9.53 Å². The van der Waals surface area contributed by atoms with Crippen molar-refractivity contribution in [2.75, 3.05) is 14.2 Å². The highest BCUT2D eigenvalue weighted by molar-refractivity contribution is 7.07. The molecule has 0 spiro atoms. The number of esters is 1. The number of aromatic nitrogens is 1. The minimum absolute atomic E-state index is 0.144. The number of benzene rings is 2. The van der Waals surface area contributed by atoms with E-state index in [9.17, 15) is 19.7 Å². The maximum atomic E-state index is 13.8. The van der Waals surface area contributed by atoms with Crippen molar-refractivity contribution in [3.63, 3.8) is 0 Å². The fraction of sp³-hybridized carbons (Fsp3) is 0.148. The maximum Gasteiger partial charge on any atom is 0.338 e. The van der Waals surface area contributed by atoms with Crippen molar-refractivity contribution in [1.29, 1.82) is 0 Å². The number of nitrogens with zero attached hydrogens (tertiary/aromatic N) is 3. The van der Waals surface area contributed by atoms with Gasteiger partial charge in [0.2, 0.25) is 0 Å². The van der Waals surface area contributed by atoms with Gasteiger partial charge in [-0.3, -0.25) is 19.5 Å². The number of furan rings is 1. The van der Waals surface area contributed by atoms with Gasteiger partial charge >= 0.3 is 5.97 Å². The van der Waals surface area contributed by atoms with Gasteiger partial charge in [0.1, 0.15) is 23.3 Å². The number of halogens is 2. The molecule has 0 N–H and O–H groups in total. The highest BCUT2D eigenvalue weighted by atomic mass is 35.5. The van der Waals surface area contributed by atoms with Crippen LogP contribution in [0.5, 0.6) is 5.75 Å². The summed E-state index contributed by atoms with van der Waals surface area (Å²) in [7, 11) is 2.74. The van der Waals surface area contributed by atoms with Gasteiger partial charge in [-0.05, 0) is 43.3 Å². The number of non-ortho nitro benzene ring substituents is 1. The molecule has 4 aromatic rings. The quantitative estimate of drug-likeness (QED) is 0.175. The van der Waals surface area contributed by atoms with Crippen LogP contribution in [0.25, 0.3) is 17.4 Å². The monoisotopic (exact) mass is 599 g/mol. The van der Waals surface area contributed by atoms with Crippen LogP contribution in [0.1, 0.15) is 24.3 Å². The van der Waals surface area contributed by atoms with Crippen LogP contribution in [0.15, 0.2) is 74.0 Å². The Hall–Kier alpha value is -4.19. The molecule has 1 atom stereocenters. The Morgan fingerprint density at radius 3 is 2.62 bits per heavy atom. The molecule has 3 heterocycles. The SMILES string of the molecule is COC(=O)C1=C(C)N=c2s/c(=C\c3ccc(-c4ccc([N+](=O)[O-])cc4Cl)o3)c(=O)n2[C@H]1c1cc(Cl)ccc1OC. The molecule has 204 valence electrons. The van der Waals surface area contributed by atoms with Gasteiger partial charge in [-0.1, -0.05) is 34.5 Å². The third kappa shape index (κ3) is 4.83. The summed E-state index contributed by atoms with van der Waals surface area (Å²) in [5, 5.41) is 11.6. The van der Waals surface area contributed by atoms with Crippen LogP contribution in [0, 0.1) is 10.1 Å². The van der Waals surface area contributed by atoms with Crippen LogP contribution < -0.4 is 19.6 Å². The van der Waals surface area contributed by atoms with Gasteiger partial charge < -0.3 is 13.9 Å². The summed E-state index contributed by atoms with van der Waals surface area (Å²) in [4.78, 5) is 42.0. The van der Waals surface area contributed by atoms with E-state index < -0.39 is 22.5 Å². The van der Waals surface area contributed by atoms with Gasteiger partial charge in [-0.25, -0.2) is 9.79 Å². The normalized spacial score (nSPS) is 15.0. The fourth-order valence-electron chi connectivity index (χ4n) is 4.43. The molecule has 13 heteroatoms. The van der Waals surface area contributed by atoms with Crippen molar-refractivity contribution in [2.45, 2.75) is 13.0 Å². The topological polar surface area (TPSA) is 126 Å². The molecule has 40 heavy (non-hydrogen) atoms. The summed E-state index contributed by atoms with van der Waals surface area (Å²) >= 11 is 13.7. The van der Waals surface area contributed by atoms with Gasteiger partial charge in [0.25, 0.3) is 11.2 Å². The summed E-state index contributed by atoms with van der Waals surface area (Å²) in [6.45, 7) is 1.67. The number of hydrogen-bond acceptors (Lipinski definition) is 9. The molecular weight excluding hydrogens is 581 g/mol. The van der Waals surface area contributed by atoms with Crippen LogP contribution in [0.4, 0.5) is 5.69 Å². The van der Waals surface area contributed by atoms with Crippen LogP contribution >= 0.6 is 34.5 Å². The van der Waals surface area contributed by atoms with Gasteiger partial charge in [-0.2, -0.15) is 0 Å². The van der Waals surface area contributed by atoms with Crippen LogP contribution in [-0.4, -0.2) is 29.7 Å². The number of methoxy groups -OCH3 is 2. The smallest absolute Gasteiger partial charge is 0.338 e. The van der Waals surface area contributed by atoms with Crippen molar-refractivity contribution in [2.24, 2.45) is 4.99 Å². The van der Waals surface area contributed by atoms with Crippen molar-refractivity contribution in [3.8, 4) is 17.1 Å². The number of allylic oxidation sites excluding steroid dienone is 1. The number of ether oxygens (including phenoxy) is 2. The third-order valence-corrected chi connectivity index (χ3v) is 7.77. The Morgan fingerprint density at radius 2 is 1.95 bits per heavy atom. The third-order valence-electron chi connectivity index (χ3n) is 6.24. The second kappa shape index (κ2) is 10.8. The fourth-order valence-corrected chi connectivity index (χ4v) is 5.90. The molecule has 2 aromatic heterocycles. The Labute approximate surface area is 240 Å². The molecule has 0 aliphatic carbocycles. The minimum Gasteiger partial charge on any atom is -0.496 e. The summed E-state index contributed by atoms with van der Waals surface area (Å²) in [6.07, 6.45) is 1.55. The predicted octanol–water partition coefficient (Wildman–Crippen LogP) is 4.89. The van der Waals surface area contributed by atoms with Gasteiger partial charge in [0.15, 0.2) is 4.80 Å². The highest BCUT2D eigenvalue weighted by Crippen LogP contribution is 2.37. The van der Waals surface area contributed by atoms with E-state index in [1.165, 1.54) is 37.0 Å². The lowest BCUT2D eigenvalue weighted by molar-refractivity contribution is -0.384. The number of thiazole rings is 1. The van der Waals surface area contributed by atoms with Crippen LogP contribution in [0.2, 0.25) is 10.0 Å². The summed E-state index contributed by atoms with van der Waals surface area (Å²) in [5.41, 5.74) is 0.949. The van der Waals surface area contributed by atoms with Gasteiger partial charge in [0.05, 0.1) is 40.0 Å². The maximum absolute atomic E-state index is 13.8. The molecule has 0 bridgehead atoms. The zero-order valence-corrected chi connectivity index (χ0v) is 23.5. The van der Waals surface area contributed by atoms with E-state index >= 15 is 0 Å². The molecule has 1 aliphatic heterocycles. The first-order valence-corrected chi connectivity index (χ1v) is 13.2. The van der Waals surface area contributed by atoms with Crippen molar-refractivity contribution in [3.05, 3.63) is 111 Å². The average molecular weight is 600 g/mol. The minimum atomic E-state index is -0.912. The number of hydrogen-bond donors (Lipinski definition) is 0. The predicted molar refractivity (Wildman–Crippen MR) is 150 cm³/mol. The van der Waals surface area contributed by atoms with Crippen molar-refractivity contribution in [1.82, 2.24) is 4.57 Å². The lowest BCUT2D eigenvalue weighted by atomic mass is 9.95. The molecule has 0 fully saturated rings.